The maximum absolute atomic E-state index is 6.21. The van der Waals surface area contributed by atoms with Gasteiger partial charge in [-0.2, -0.15) is 0 Å². The van der Waals surface area contributed by atoms with E-state index in [1.54, 1.807) is 0 Å². The first-order valence-corrected chi connectivity index (χ1v) is 7.42. The van der Waals surface area contributed by atoms with E-state index in [4.69, 9.17) is 11.6 Å². The van der Waals surface area contributed by atoms with Gasteiger partial charge in [0.1, 0.15) is 0 Å². The number of nitrogens with one attached hydrogen (secondary N) is 1. The van der Waals surface area contributed by atoms with Crippen molar-refractivity contribution in [1.82, 2.24) is 4.98 Å². The van der Waals surface area contributed by atoms with Gasteiger partial charge in [0.2, 0.25) is 0 Å². The van der Waals surface area contributed by atoms with E-state index < -0.39 is 0 Å². The second kappa shape index (κ2) is 5.81. The summed E-state index contributed by atoms with van der Waals surface area (Å²) in [6.45, 7) is 0.725. The second-order valence-corrected chi connectivity index (χ2v) is 5.81. The molecule has 1 aromatic heterocycles. The molecular weight excluding hydrogens is 336 g/mol. The molecule has 2 nitrogen and oxygen atoms in total. The smallest absolute Gasteiger partial charge is 0.0648 e. The number of aromatic nitrogens is 1. The van der Waals surface area contributed by atoms with Gasteiger partial charge in [-0.1, -0.05) is 45.7 Å². The summed E-state index contributed by atoms with van der Waals surface area (Å²) in [6, 6.07) is 14.1. The van der Waals surface area contributed by atoms with E-state index in [2.05, 4.69) is 38.4 Å². The molecule has 0 aliphatic carbocycles. The lowest BCUT2D eigenvalue weighted by Crippen LogP contribution is -2.00. The lowest BCUT2D eigenvalue weighted by atomic mass is 10.1. The standard InChI is InChI=1S/C16H12BrClN2/c17-13-4-5-16(15(18)8-13)20-10-12-3-1-2-11-9-19-7-6-14(11)12/h1-9,20H,10H2. The number of fused-ring (bicyclic) bond motifs is 1. The Morgan fingerprint density at radius 2 is 2.05 bits per heavy atom. The van der Waals surface area contributed by atoms with Gasteiger partial charge in [-0.25, -0.2) is 0 Å². The number of pyridine rings is 1. The average Bonchev–Trinajstić information content (AvgIpc) is 2.46. The predicted molar refractivity (Wildman–Crippen MR) is 88.2 cm³/mol. The van der Waals surface area contributed by atoms with Gasteiger partial charge in [0, 0.05) is 28.8 Å². The Morgan fingerprint density at radius 3 is 2.90 bits per heavy atom. The van der Waals surface area contributed by atoms with Gasteiger partial charge in [-0.05, 0) is 35.2 Å². The zero-order chi connectivity index (χ0) is 13.9. The number of anilines is 1. The molecule has 0 spiro atoms. The van der Waals surface area contributed by atoms with E-state index in [1.165, 1.54) is 10.9 Å². The summed E-state index contributed by atoms with van der Waals surface area (Å²) in [4.78, 5) is 4.15. The Kier molecular flexibility index (Phi) is 3.90. The molecule has 0 fully saturated rings. The van der Waals surface area contributed by atoms with E-state index in [1.807, 2.05) is 42.7 Å². The maximum atomic E-state index is 6.21. The van der Waals surface area contributed by atoms with E-state index >= 15 is 0 Å². The molecule has 1 N–H and O–H groups in total. The van der Waals surface area contributed by atoms with Crippen LogP contribution in [0.1, 0.15) is 5.56 Å². The number of nitrogens with zero attached hydrogens (tertiary/aromatic N) is 1. The molecule has 100 valence electrons. The van der Waals surface area contributed by atoms with Crippen LogP contribution in [0.15, 0.2) is 59.3 Å². The highest BCUT2D eigenvalue weighted by Crippen LogP contribution is 2.27. The van der Waals surface area contributed by atoms with Crippen LogP contribution in [0.2, 0.25) is 5.02 Å². The first kappa shape index (κ1) is 13.4. The third kappa shape index (κ3) is 2.79. The van der Waals surface area contributed by atoms with Crippen LogP contribution in [0.4, 0.5) is 5.69 Å². The summed E-state index contributed by atoms with van der Waals surface area (Å²) in [5.41, 5.74) is 2.16. The Balaban J connectivity index is 1.87. The average molecular weight is 348 g/mol. The van der Waals surface area contributed by atoms with Crippen LogP contribution in [0.5, 0.6) is 0 Å². The van der Waals surface area contributed by atoms with Gasteiger partial charge < -0.3 is 5.32 Å². The Morgan fingerprint density at radius 1 is 1.15 bits per heavy atom. The van der Waals surface area contributed by atoms with Crippen molar-refractivity contribution in [2.24, 2.45) is 0 Å². The topological polar surface area (TPSA) is 24.9 Å². The van der Waals surface area contributed by atoms with Gasteiger partial charge >= 0.3 is 0 Å². The third-order valence-electron chi connectivity index (χ3n) is 3.17. The quantitative estimate of drug-likeness (QED) is 0.699. The summed E-state index contributed by atoms with van der Waals surface area (Å²) in [5, 5.41) is 6.44. The molecule has 20 heavy (non-hydrogen) atoms. The minimum absolute atomic E-state index is 0.710. The van der Waals surface area contributed by atoms with E-state index in [0.29, 0.717) is 5.02 Å². The van der Waals surface area contributed by atoms with Gasteiger partial charge in [-0.15, -0.1) is 0 Å². The van der Waals surface area contributed by atoms with Crippen molar-refractivity contribution >= 4 is 44.0 Å². The molecular formula is C16H12BrClN2. The molecule has 0 aliphatic heterocycles. The molecule has 0 bridgehead atoms. The summed E-state index contributed by atoms with van der Waals surface area (Å²) >= 11 is 9.62. The number of hydrogen-bond acceptors (Lipinski definition) is 2. The normalized spacial score (nSPS) is 10.7. The molecule has 0 amide bonds. The highest BCUT2D eigenvalue weighted by atomic mass is 79.9. The second-order valence-electron chi connectivity index (χ2n) is 4.49. The number of hydrogen-bond donors (Lipinski definition) is 1. The summed E-state index contributed by atoms with van der Waals surface area (Å²) in [5.74, 6) is 0. The van der Waals surface area contributed by atoms with Gasteiger partial charge in [0.15, 0.2) is 0 Å². The SMILES string of the molecule is Clc1cc(Br)ccc1NCc1cccc2cnccc12. The monoisotopic (exact) mass is 346 g/mol. The fraction of sp³-hybridized carbons (Fsp3) is 0.0625. The molecule has 2 aromatic carbocycles. The highest BCUT2D eigenvalue weighted by molar-refractivity contribution is 9.10. The summed E-state index contributed by atoms with van der Waals surface area (Å²) < 4.78 is 0.976. The summed E-state index contributed by atoms with van der Waals surface area (Å²) in [7, 11) is 0. The fourth-order valence-electron chi connectivity index (χ4n) is 2.17. The van der Waals surface area contributed by atoms with Gasteiger partial charge in [0.25, 0.3) is 0 Å². The van der Waals surface area contributed by atoms with Crippen molar-refractivity contribution in [3.05, 3.63) is 69.9 Å². The highest BCUT2D eigenvalue weighted by Gasteiger charge is 2.03. The summed E-state index contributed by atoms with van der Waals surface area (Å²) in [6.07, 6.45) is 3.70. The largest absolute Gasteiger partial charge is 0.380 e. The molecule has 0 atom stereocenters. The van der Waals surface area contributed by atoms with Crippen LogP contribution in [0.25, 0.3) is 10.8 Å². The molecule has 0 radical (unpaired) electrons. The number of halogens is 2. The van der Waals surface area contributed by atoms with Crippen LogP contribution in [-0.4, -0.2) is 4.98 Å². The van der Waals surface area contributed by atoms with Crippen molar-refractivity contribution in [3.8, 4) is 0 Å². The van der Waals surface area contributed by atoms with Crippen LogP contribution in [-0.2, 0) is 6.54 Å². The molecule has 1 heterocycles. The minimum atomic E-state index is 0.710. The van der Waals surface area contributed by atoms with Crippen molar-refractivity contribution in [2.45, 2.75) is 6.54 Å². The van der Waals surface area contributed by atoms with Crippen LogP contribution < -0.4 is 5.32 Å². The predicted octanol–water partition coefficient (Wildman–Crippen LogP) is 5.26. The van der Waals surface area contributed by atoms with E-state index in [-0.39, 0.29) is 0 Å². The third-order valence-corrected chi connectivity index (χ3v) is 3.98. The number of benzene rings is 2. The number of rotatable bonds is 3. The lowest BCUT2D eigenvalue weighted by Gasteiger charge is -2.10. The van der Waals surface area contributed by atoms with Crippen molar-refractivity contribution in [3.63, 3.8) is 0 Å². The molecule has 0 aliphatic rings. The van der Waals surface area contributed by atoms with Gasteiger partial charge in [0.05, 0.1) is 10.7 Å². The zero-order valence-corrected chi connectivity index (χ0v) is 12.9. The van der Waals surface area contributed by atoms with E-state index in [0.717, 1.165) is 22.1 Å². The van der Waals surface area contributed by atoms with Crippen LogP contribution >= 0.6 is 27.5 Å². The van der Waals surface area contributed by atoms with Crippen molar-refractivity contribution in [1.29, 1.82) is 0 Å². The first-order chi connectivity index (χ1) is 9.74. The van der Waals surface area contributed by atoms with Crippen LogP contribution in [0, 0.1) is 0 Å². The molecule has 3 rings (SSSR count). The maximum Gasteiger partial charge on any atom is 0.0648 e. The fourth-order valence-corrected chi connectivity index (χ4v) is 2.91. The van der Waals surface area contributed by atoms with Crippen LogP contribution in [0.3, 0.4) is 0 Å². The molecule has 0 saturated carbocycles. The molecule has 0 unspecified atom stereocenters. The Bertz CT molecular complexity index is 753. The first-order valence-electron chi connectivity index (χ1n) is 6.24. The van der Waals surface area contributed by atoms with Gasteiger partial charge in [-0.3, -0.25) is 4.98 Å². The Hall–Kier alpha value is -1.58. The van der Waals surface area contributed by atoms with Crippen molar-refractivity contribution in [2.75, 3.05) is 5.32 Å². The molecule has 3 aromatic rings. The molecule has 4 heteroatoms. The molecule has 0 saturated heterocycles. The van der Waals surface area contributed by atoms with E-state index in [9.17, 15) is 0 Å². The Labute approximate surface area is 130 Å². The van der Waals surface area contributed by atoms with Crippen molar-refractivity contribution < 1.29 is 0 Å². The lowest BCUT2D eigenvalue weighted by molar-refractivity contribution is 1.16. The zero-order valence-electron chi connectivity index (χ0n) is 10.6. The minimum Gasteiger partial charge on any atom is -0.380 e.